The number of carboxylic acid groups (broad SMARTS) is 1. The Labute approximate surface area is 97.0 Å². The zero-order valence-corrected chi connectivity index (χ0v) is 9.87. The minimum atomic E-state index is -1.00. The predicted molar refractivity (Wildman–Crippen MR) is 61.1 cm³/mol. The SMILES string of the molecule is CC(=O)N1CCSc2cn(C)c(C(=O)O)c21. The molecule has 0 unspecified atom stereocenters. The number of carbonyl (C=O) groups excluding carboxylic acids is 1. The van der Waals surface area contributed by atoms with Gasteiger partial charge in [-0.05, 0) is 0 Å². The molecule has 0 aromatic carbocycles. The Balaban J connectivity index is 2.61. The van der Waals surface area contributed by atoms with E-state index in [1.165, 1.54) is 11.8 Å². The summed E-state index contributed by atoms with van der Waals surface area (Å²) in [6.07, 6.45) is 1.76. The molecule has 1 N–H and O–H groups in total. The van der Waals surface area contributed by atoms with Gasteiger partial charge in [0.1, 0.15) is 0 Å². The van der Waals surface area contributed by atoms with E-state index in [9.17, 15) is 9.59 Å². The summed E-state index contributed by atoms with van der Waals surface area (Å²) in [5.74, 6) is -0.317. The lowest BCUT2D eigenvalue weighted by Gasteiger charge is -2.26. The summed E-state index contributed by atoms with van der Waals surface area (Å²) in [4.78, 5) is 25.0. The van der Waals surface area contributed by atoms with Gasteiger partial charge in [0.25, 0.3) is 0 Å². The van der Waals surface area contributed by atoms with E-state index in [-0.39, 0.29) is 11.6 Å². The lowest BCUT2D eigenvalue weighted by Crippen LogP contribution is -2.34. The van der Waals surface area contributed by atoms with Crippen LogP contribution in [0, 0.1) is 0 Å². The first kappa shape index (κ1) is 11.1. The fraction of sp³-hybridized carbons (Fsp3) is 0.400. The van der Waals surface area contributed by atoms with Gasteiger partial charge in [-0.25, -0.2) is 4.79 Å². The Kier molecular flexibility index (Phi) is 2.67. The first-order chi connectivity index (χ1) is 7.52. The van der Waals surface area contributed by atoms with Crippen molar-refractivity contribution in [3.05, 3.63) is 11.9 Å². The van der Waals surface area contributed by atoms with E-state index in [2.05, 4.69) is 0 Å². The van der Waals surface area contributed by atoms with Crippen LogP contribution in [0.15, 0.2) is 11.1 Å². The fourth-order valence-corrected chi connectivity index (χ4v) is 2.95. The van der Waals surface area contributed by atoms with Crippen molar-refractivity contribution < 1.29 is 14.7 Å². The molecule has 2 rings (SSSR count). The molecule has 0 spiro atoms. The number of carbonyl (C=O) groups is 2. The van der Waals surface area contributed by atoms with Crippen LogP contribution >= 0.6 is 11.8 Å². The number of fused-ring (bicyclic) bond motifs is 1. The molecular weight excluding hydrogens is 228 g/mol. The van der Waals surface area contributed by atoms with Crippen molar-refractivity contribution in [1.82, 2.24) is 4.57 Å². The second-order valence-electron chi connectivity index (χ2n) is 3.63. The van der Waals surface area contributed by atoms with Crippen molar-refractivity contribution in [1.29, 1.82) is 0 Å². The zero-order valence-electron chi connectivity index (χ0n) is 9.06. The number of hydrogen-bond acceptors (Lipinski definition) is 3. The molecule has 6 heteroatoms. The molecule has 1 aliphatic rings. The third kappa shape index (κ3) is 1.59. The van der Waals surface area contributed by atoms with Crippen LogP contribution in [0.5, 0.6) is 0 Å². The standard InChI is InChI=1S/C10H12N2O3S/c1-6(13)12-3-4-16-7-5-11(2)9(8(7)12)10(14)15/h5H,3-4H2,1-2H3,(H,14,15). The topological polar surface area (TPSA) is 62.5 Å². The number of rotatable bonds is 1. The molecule has 0 radical (unpaired) electrons. The van der Waals surface area contributed by atoms with Crippen molar-refractivity contribution >= 4 is 29.3 Å². The van der Waals surface area contributed by atoms with Crippen molar-refractivity contribution in [2.24, 2.45) is 7.05 Å². The van der Waals surface area contributed by atoms with E-state index in [1.807, 2.05) is 0 Å². The zero-order chi connectivity index (χ0) is 11.9. The maximum absolute atomic E-state index is 11.5. The van der Waals surface area contributed by atoms with Gasteiger partial charge in [-0.15, -0.1) is 11.8 Å². The van der Waals surface area contributed by atoms with Gasteiger partial charge < -0.3 is 14.6 Å². The van der Waals surface area contributed by atoms with E-state index >= 15 is 0 Å². The molecule has 0 fully saturated rings. The number of aromatic nitrogens is 1. The molecule has 5 nitrogen and oxygen atoms in total. The highest BCUT2D eigenvalue weighted by Gasteiger charge is 2.29. The Morgan fingerprint density at radius 2 is 2.19 bits per heavy atom. The largest absolute Gasteiger partial charge is 0.477 e. The van der Waals surface area contributed by atoms with Crippen molar-refractivity contribution in [2.75, 3.05) is 17.2 Å². The van der Waals surface area contributed by atoms with Gasteiger partial charge in [0, 0.05) is 37.4 Å². The lowest BCUT2D eigenvalue weighted by molar-refractivity contribution is -0.116. The normalized spacial score (nSPS) is 14.8. The molecule has 0 aliphatic carbocycles. The van der Waals surface area contributed by atoms with Crippen LogP contribution in [0.4, 0.5) is 5.69 Å². The van der Waals surface area contributed by atoms with E-state index in [0.717, 1.165) is 10.6 Å². The minimum Gasteiger partial charge on any atom is -0.477 e. The summed E-state index contributed by atoms with van der Waals surface area (Å²) >= 11 is 1.58. The van der Waals surface area contributed by atoms with Crippen LogP contribution in [-0.2, 0) is 11.8 Å². The Bertz CT molecular complexity index is 467. The van der Waals surface area contributed by atoms with Gasteiger partial charge in [0.05, 0.1) is 5.69 Å². The number of nitrogens with zero attached hydrogens (tertiary/aromatic N) is 2. The van der Waals surface area contributed by atoms with Gasteiger partial charge in [0.2, 0.25) is 5.91 Å². The average molecular weight is 240 g/mol. The number of amides is 1. The first-order valence-corrected chi connectivity index (χ1v) is 5.84. The van der Waals surface area contributed by atoms with Gasteiger partial charge in [-0.1, -0.05) is 0 Å². The van der Waals surface area contributed by atoms with Crippen LogP contribution in [-0.4, -0.2) is 33.8 Å². The molecule has 1 aromatic heterocycles. The van der Waals surface area contributed by atoms with Crippen molar-refractivity contribution in [3.8, 4) is 0 Å². The third-order valence-corrected chi connectivity index (χ3v) is 3.54. The summed E-state index contributed by atoms with van der Waals surface area (Å²) in [5, 5.41) is 9.14. The number of aromatic carboxylic acids is 1. The number of aryl methyl sites for hydroxylation is 1. The van der Waals surface area contributed by atoms with Gasteiger partial charge in [0.15, 0.2) is 5.69 Å². The van der Waals surface area contributed by atoms with Gasteiger partial charge in [-0.2, -0.15) is 0 Å². The smallest absolute Gasteiger partial charge is 0.354 e. The Hall–Kier alpha value is -1.43. The fourth-order valence-electron chi connectivity index (χ4n) is 1.88. The molecule has 0 bridgehead atoms. The summed E-state index contributed by atoms with van der Waals surface area (Å²) in [7, 11) is 1.68. The minimum absolute atomic E-state index is 0.116. The van der Waals surface area contributed by atoms with Crippen molar-refractivity contribution in [2.45, 2.75) is 11.8 Å². The highest BCUT2D eigenvalue weighted by Crippen LogP contribution is 2.38. The molecule has 1 amide bonds. The summed E-state index contributed by atoms with van der Waals surface area (Å²) in [5.41, 5.74) is 0.719. The van der Waals surface area contributed by atoms with Gasteiger partial charge >= 0.3 is 5.97 Å². The van der Waals surface area contributed by atoms with Crippen LogP contribution in [0.25, 0.3) is 0 Å². The second-order valence-corrected chi connectivity index (χ2v) is 4.76. The number of thioether (sulfide) groups is 1. The second kappa shape index (κ2) is 3.86. The molecule has 0 saturated carbocycles. The van der Waals surface area contributed by atoms with Crippen LogP contribution in [0.3, 0.4) is 0 Å². The van der Waals surface area contributed by atoms with E-state index in [4.69, 9.17) is 5.11 Å². The highest BCUT2D eigenvalue weighted by molar-refractivity contribution is 7.99. The van der Waals surface area contributed by atoms with E-state index in [1.54, 1.807) is 29.6 Å². The number of carboxylic acids is 1. The summed E-state index contributed by atoms with van der Waals surface area (Å²) in [6, 6.07) is 0. The Morgan fingerprint density at radius 3 is 2.75 bits per heavy atom. The molecule has 0 atom stereocenters. The van der Waals surface area contributed by atoms with E-state index in [0.29, 0.717) is 12.2 Å². The van der Waals surface area contributed by atoms with E-state index < -0.39 is 5.97 Å². The average Bonchev–Trinajstić information content (AvgIpc) is 2.52. The maximum Gasteiger partial charge on any atom is 0.354 e. The lowest BCUT2D eigenvalue weighted by atomic mass is 10.3. The maximum atomic E-state index is 11.5. The Morgan fingerprint density at radius 1 is 1.50 bits per heavy atom. The molecular formula is C10H12N2O3S. The molecule has 0 saturated heterocycles. The van der Waals surface area contributed by atoms with Crippen molar-refractivity contribution in [3.63, 3.8) is 0 Å². The summed E-state index contributed by atoms with van der Waals surface area (Å²) < 4.78 is 1.56. The third-order valence-electron chi connectivity index (χ3n) is 2.55. The molecule has 1 aromatic rings. The molecule has 2 heterocycles. The quantitative estimate of drug-likeness (QED) is 0.800. The monoisotopic (exact) mass is 240 g/mol. The summed E-state index contributed by atoms with van der Waals surface area (Å²) in [6.45, 7) is 2.02. The number of hydrogen-bond donors (Lipinski definition) is 1. The molecule has 16 heavy (non-hydrogen) atoms. The molecule has 1 aliphatic heterocycles. The predicted octanol–water partition coefficient (Wildman–Crippen LogP) is 1.18. The van der Waals surface area contributed by atoms with Gasteiger partial charge in [-0.3, -0.25) is 4.79 Å². The van der Waals surface area contributed by atoms with Crippen LogP contribution in [0.1, 0.15) is 17.4 Å². The molecule has 86 valence electrons. The van der Waals surface area contributed by atoms with Crippen LogP contribution < -0.4 is 4.90 Å². The highest BCUT2D eigenvalue weighted by atomic mass is 32.2. The first-order valence-electron chi connectivity index (χ1n) is 4.86. The number of anilines is 1. The van der Waals surface area contributed by atoms with Crippen LogP contribution in [0.2, 0.25) is 0 Å².